The SMILES string of the molecule is Cc1ccc[c]c1C(N)=S. The Kier molecular flexibility index (Phi) is 2.02. The number of aryl methyl sites for hydroxylation is 1. The van der Waals surface area contributed by atoms with Crippen molar-refractivity contribution in [1.29, 1.82) is 0 Å². The molecule has 1 rings (SSSR count). The average Bonchev–Trinajstić information content (AvgIpc) is 1.88. The Morgan fingerprint density at radius 1 is 1.70 bits per heavy atom. The van der Waals surface area contributed by atoms with Crippen LogP contribution in [0.4, 0.5) is 0 Å². The molecule has 0 bridgehead atoms. The molecule has 0 atom stereocenters. The molecule has 1 aromatic carbocycles. The molecule has 1 nitrogen and oxygen atoms in total. The molecule has 1 radical (unpaired) electrons. The van der Waals surface area contributed by atoms with E-state index in [9.17, 15) is 0 Å². The molecular weight excluding hydrogens is 142 g/mol. The summed E-state index contributed by atoms with van der Waals surface area (Å²) in [6.07, 6.45) is 0. The van der Waals surface area contributed by atoms with E-state index in [1.807, 2.05) is 25.1 Å². The van der Waals surface area contributed by atoms with Crippen molar-refractivity contribution >= 4 is 17.2 Å². The first-order valence-corrected chi connectivity index (χ1v) is 3.40. The standard InChI is InChI=1S/C8H8NS/c1-6-4-2-3-5-7(6)8(9)10/h2-4H,1H3,(H2,9,10). The monoisotopic (exact) mass is 150 g/mol. The maximum absolute atomic E-state index is 5.41. The lowest BCUT2D eigenvalue weighted by Gasteiger charge is -1.99. The largest absolute Gasteiger partial charge is 0.389 e. The molecule has 0 aliphatic rings. The molecule has 0 aromatic heterocycles. The van der Waals surface area contributed by atoms with Gasteiger partial charge >= 0.3 is 0 Å². The first-order valence-electron chi connectivity index (χ1n) is 2.99. The summed E-state index contributed by atoms with van der Waals surface area (Å²) in [5.74, 6) is 0. The lowest BCUT2D eigenvalue weighted by Crippen LogP contribution is -2.10. The van der Waals surface area contributed by atoms with Crippen LogP contribution in [0.1, 0.15) is 11.1 Å². The van der Waals surface area contributed by atoms with Crippen molar-refractivity contribution in [2.75, 3.05) is 0 Å². The Labute approximate surface area is 65.9 Å². The Balaban J connectivity index is 3.15. The minimum atomic E-state index is 0.415. The third kappa shape index (κ3) is 1.33. The summed E-state index contributed by atoms with van der Waals surface area (Å²) in [6.45, 7) is 1.96. The number of benzene rings is 1. The van der Waals surface area contributed by atoms with Gasteiger partial charge in [-0.2, -0.15) is 0 Å². The fourth-order valence-corrected chi connectivity index (χ4v) is 1.01. The molecule has 0 saturated heterocycles. The predicted octanol–water partition coefficient (Wildman–Crippen LogP) is 1.43. The van der Waals surface area contributed by atoms with Crippen molar-refractivity contribution in [3.05, 3.63) is 35.4 Å². The van der Waals surface area contributed by atoms with Crippen LogP contribution in [0.15, 0.2) is 18.2 Å². The normalized spacial score (nSPS) is 9.30. The van der Waals surface area contributed by atoms with Crippen LogP contribution in [0, 0.1) is 13.0 Å². The van der Waals surface area contributed by atoms with Crippen molar-refractivity contribution in [3.63, 3.8) is 0 Å². The molecule has 2 N–H and O–H groups in total. The van der Waals surface area contributed by atoms with Crippen LogP contribution < -0.4 is 5.73 Å². The first-order chi connectivity index (χ1) is 4.72. The highest BCUT2D eigenvalue weighted by atomic mass is 32.1. The highest BCUT2D eigenvalue weighted by Gasteiger charge is 1.97. The van der Waals surface area contributed by atoms with Crippen molar-refractivity contribution in [2.45, 2.75) is 6.92 Å². The van der Waals surface area contributed by atoms with Crippen molar-refractivity contribution < 1.29 is 0 Å². The molecule has 51 valence electrons. The molecule has 0 aliphatic heterocycles. The van der Waals surface area contributed by atoms with Crippen molar-refractivity contribution in [1.82, 2.24) is 0 Å². The maximum atomic E-state index is 5.41. The second-order valence-electron chi connectivity index (χ2n) is 2.09. The Bertz CT molecular complexity index is 255. The van der Waals surface area contributed by atoms with Gasteiger partial charge in [-0.05, 0) is 18.6 Å². The molecular formula is C8H8NS. The van der Waals surface area contributed by atoms with E-state index >= 15 is 0 Å². The molecule has 0 saturated carbocycles. The van der Waals surface area contributed by atoms with E-state index in [4.69, 9.17) is 18.0 Å². The van der Waals surface area contributed by atoms with Gasteiger partial charge in [0.1, 0.15) is 4.99 Å². The van der Waals surface area contributed by atoms with E-state index in [2.05, 4.69) is 6.07 Å². The molecule has 0 heterocycles. The van der Waals surface area contributed by atoms with Gasteiger partial charge in [-0.1, -0.05) is 30.4 Å². The number of hydrogen-bond acceptors (Lipinski definition) is 1. The topological polar surface area (TPSA) is 26.0 Å². The summed E-state index contributed by atoms with van der Waals surface area (Å²) < 4.78 is 0. The lowest BCUT2D eigenvalue weighted by atomic mass is 10.1. The minimum Gasteiger partial charge on any atom is -0.389 e. The van der Waals surface area contributed by atoms with Gasteiger partial charge < -0.3 is 5.73 Å². The smallest absolute Gasteiger partial charge is 0.104 e. The molecule has 0 amide bonds. The van der Waals surface area contributed by atoms with E-state index < -0.39 is 0 Å². The van der Waals surface area contributed by atoms with E-state index in [1.165, 1.54) is 0 Å². The number of hydrogen-bond donors (Lipinski definition) is 1. The summed E-state index contributed by atoms with van der Waals surface area (Å²) in [6, 6.07) is 8.65. The number of thiocarbonyl (C=S) groups is 1. The predicted molar refractivity (Wildman–Crippen MR) is 45.9 cm³/mol. The summed E-state index contributed by atoms with van der Waals surface area (Å²) >= 11 is 4.80. The Morgan fingerprint density at radius 3 is 2.80 bits per heavy atom. The number of nitrogens with two attached hydrogens (primary N) is 1. The zero-order valence-corrected chi connectivity index (χ0v) is 6.53. The van der Waals surface area contributed by atoms with Gasteiger partial charge in [0.2, 0.25) is 0 Å². The van der Waals surface area contributed by atoms with Gasteiger partial charge in [-0.25, -0.2) is 0 Å². The molecule has 1 aromatic rings. The van der Waals surface area contributed by atoms with Crippen molar-refractivity contribution in [2.24, 2.45) is 5.73 Å². The first kappa shape index (κ1) is 7.22. The van der Waals surface area contributed by atoms with Gasteiger partial charge in [-0.3, -0.25) is 0 Å². The third-order valence-corrected chi connectivity index (χ3v) is 1.51. The van der Waals surface area contributed by atoms with Crippen LogP contribution in [0.3, 0.4) is 0 Å². The van der Waals surface area contributed by atoms with Gasteiger partial charge in [0.05, 0.1) is 0 Å². The molecule has 0 unspecified atom stereocenters. The van der Waals surface area contributed by atoms with Crippen LogP contribution in [-0.4, -0.2) is 4.99 Å². The molecule has 2 heteroatoms. The Morgan fingerprint density at radius 2 is 2.40 bits per heavy atom. The zero-order chi connectivity index (χ0) is 7.56. The van der Waals surface area contributed by atoms with E-state index in [1.54, 1.807) is 0 Å². The second kappa shape index (κ2) is 2.80. The van der Waals surface area contributed by atoms with Gasteiger partial charge in [0, 0.05) is 5.56 Å². The molecule has 0 fully saturated rings. The van der Waals surface area contributed by atoms with Crippen molar-refractivity contribution in [3.8, 4) is 0 Å². The van der Waals surface area contributed by atoms with Crippen LogP contribution in [0.5, 0.6) is 0 Å². The molecule has 10 heavy (non-hydrogen) atoms. The maximum Gasteiger partial charge on any atom is 0.104 e. The number of rotatable bonds is 1. The van der Waals surface area contributed by atoms with Crippen LogP contribution >= 0.6 is 12.2 Å². The third-order valence-electron chi connectivity index (χ3n) is 1.31. The van der Waals surface area contributed by atoms with Crippen LogP contribution in [0.2, 0.25) is 0 Å². The van der Waals surface area contributed by atoms with E-state index in [0.29, 0.717) is 4.99 Å². The van der Waals surface area contributed by atoms with Gasteiger partial charge in [0.15, 0.2) is 0 Å². The fraction of sp³-hybridized carbons (Fsp3) is 0.125. The van der Waals surface area contributed by atoms with Crippen LogP contribution in [0.25, 0.3) is 0 Å². The van der Waals surface area contributed by atoms with E-state index in [0.717, 1.165) is 11.1 Å². The van der Waals surface area contributed by atoms with Gasteiger partial charge in [-0.15, -0.1) is 0 Å². The Hall–Kier alpha value is -0.890. The highest BCUT2D eigenvalue weighted by molar-refractivity contribution is 7.80. The fourth-order valence-electron chi connectivity index (χ4n) is 0.787. The summed E-state index contributed by atoms with van der Waals surface area (Å²) in [7, 11) is 0. The van der Waals surface area contributed by atoms with E-state index in [-0.39, 0.29) is 0 Å². The highest BCUT2D eigenvalue weighted by Crippen LogP contribution is 2.04. The van der Waals surface area contributed by atoms with Gasteiger partial charge in [0.25, 0.3) is 0 Å². The molecule has 0 spiro atoms. The summed E-state index contributed by atoms with van der Waals surface area (Å²) in [5, 5.41) is 0. The average molecular weight is 150 g/mol. The summed E-state index contributed by atoms with van der Waals surface area (Å²) in [5.41, 5.74) is 7.34. The quantitative estimate of drug-likeness (QED) is 0.613. The lowest BCUT2D eigenvalue weighted by molar-refractivity contribution is 1.43. The summed E-state index contributed by atoms with van der Waals surface area (Å²) in [4.78, 5) is 0.415. The zero-order valence-electron chi connectivity index (χ0n) is 5.72. The van der Waals surface area contributed by atoms with Crippen LogP contribution in [-0.2, 0) is 0 Å². The minimum absolute atomic E-state index is 0.415. The second-order valence-corrected chi connectivity index (χ2v) is 2.53. The molecule has 0 aliphatic carbocycles.